The van der Waals surface area contributed by atoms with Gasteiger partial charge in [0.25, 0.3) is 10.0 Å². The van der Waals surface area contributed by atoms with Gasteiger partial charge >= 0.3 is 0 Å². The summed E-state index contributed by atoms with van der Waals surface area (Å²) < 4.78 is 38.6. The zero-order chi connectivity index (χ0) is 17.2. The first-order chi connectivity index (χ1) is 11.5. The Hall–Kier alpha value is -2.47. The third-order valence-electron chi connectivity index (χ3n) is 3.78. The molecule has 0 saturated heterocycles. The van der Waals surface area contributed by atoms with Crippen molar-refractivity contribution in [1.29, 1.82) is 0 Å². The van der Waals surface area contributed by atoms with Crippen molar-refractivity contribution in [2.75, 3.05) is 24.1 Å². The SMILES string of the molecule is C=CCN(c1ccccc1C)S(=O)(=O)c1ccc2c(c1)OCCO2. The molecule has 5 nitrogen and oxygen atoms in total. The van der Waals surface area contributed by atoms with Crippen molar-refractivity contribution in [1.82, 2.24) is 0 Å². The average molecular weight is 345 g/mol. The van der Waals surface area contributed by atoms with Crippen LogP contribution in [-0.4, -0.2) is 28.2 Å². The van der Waals surface area contributed by atoms with E-state index in [-0.39, 0.29) is 11.4 Å². The second kappa shape index (κ2) is 6.57. The summed E-state index contributed by atoms with van der Waals surface area (Å²) in [5.74, 6) is 1.01. The molecule has 2 aromatic carbocycles. The normalized spacial score (nSPS) is 13.4. The highest BCUT2D eigenvalue weighted by Crippen LogP contribution is 2.34. The van der Waals surface area contributed by atoms with E-state index in [0.717, 1.165) is 5.56 Å². The van der Waals surface area contributed by atoms with E-state index < -0.39 is 10.0 Å². The van der Waals surface area contributed by atoms with Crippen molar-refractivity contribution in [3.8, 4) is 11.5 Å². The fraction of sp³-hybridized carbons (Fsp3) is 0.222. The topological polar surface area (TPSA) is 55.8 Å². The van der Waals surface area contributed by atoms with E-state index >= 15 is 0 Å². The maximum Gasteiger partial charge on any atom is 0.264 e. The molecule has 3 rings (SSSR count). The van der Waals surface area contributed by atoms with Crippen LogP contribution in [0.25, 0.3) is 0 Å². The minimum atomic E-state index is -3.75. The van der Waals surface area contributed by atoms with E-state index in [1.165, 1.54) is 16.4 Å². The third-order valence-corrected chi connectivity index (χ3v) is 5.56. The second-order valence-corrected chi connectivity index (χ2v) is 7.28. The Morgan fingerprint density at radius 1 is 1.12 bits per heavy atom. The fourth-order valence-electron chi connectivity index (χ4n) is 2.60. The van der Waals surface area contributed by atoms with Crippen molar-refractivity contribution in [2.24, 2.45) is 0 Å². The molecule has 0 amide bonds. The highest BCUT2D eigenvalue weighted by molar-refractivity contribution is 7.92. The van der Waals surface area contributed by atoms with E-state index in [9.17, 15) is 8.42 Å². The van der Waals surface area contributed by atoms with Gasteiger partial charge in [0.2, 0.25) is 0 Å². The summed E-state index contributed by atoms with van der Waals surface area (Å²) in [6.07, 6.45) is 1.57. The molecule has 0 spiro atoms. The summed E-state index contributed by atoms with van der Waals surface area (Å²) in [6.45, 7) is 6.61. The van der Waals surface area contributed by atoms with Crippen LogP contribution in [0.3, 0.4) is 0 Å². The third kappa shape index (κ3) is 2.97. The molecule has 0 radical (unpaired) electrons. The van der Waals surface area contributed by atoms with Crippen molar-refractivity contribution in [3.05, 3.63) is 60.7 Å². The number of benzene rings is 2. The van der Waals surface area contributed by atoms with Gasteiger partial charge in [-0.1, -0.05) is 24.3 Å². The molecule has 2 aromatic rings. The van der Waals surface area contributed by atoms with Crippen LogP contribution < -0.4 is 13.8 Å². The number of sulfonamides is 1. The molecule has 0 unspecified atom stereocenters. The van der Waals surface area contributed by atoms with Gasteiger partial charge < -0.3 is 9.47 Å². The van der Waals surface area contributed by atoms with Crippen LogP contribution in [0.4, 0.5) is 5.69 Å². The molecular weight excluding hydrogens is 326 g/mol. The minimum absolute atomic E-state index is 0.164. The van der Waals surface area contributed by atoms with Crippen LogP contribution in [0.5, 0.6) is 11.5 Å². The molecule has 6 heteroatoms. The van der Waals surface area contributed by atoms with Crippen molar-refractivity contribution in [3.63, 3.8) is 0 Å². The summed E-state index contributed by atoms with van der Waals surface area (Å²) in [5, 5.41) is 0. The largest absolute Gasteiger partial charge is 0.486 e. The predicted molar refractivity (Wildman–Crippen MR) is 93.3 cm³/mol. The van der Waals surface area contributed by atoms with Gasteiger partial charge in [-0.05, 0) is 30.7 Å². The number of nitrogens with zero attached hydrogens (tertiary/aromatic N) is 1. The monoisotopic (exact) mass is 345 g/mol. The van der Waals surface area contributed by atoms with Gasteiger partial charge in [-0.3, -0.25) is 4.31 Å². The second-order valence-electron chi connectivity index (χ2n) is 5.42. The standard InChI is InChI=1S/C18H19NO4S/c1-3-10-19(16-7-5-4-6-14(16)2)24(20,21)15-8-9-17-18(13-15)23-12-11-22-17/h3-9,13H,1,10-12H2,2H3. The molecule has 0 aliphatic carbocycles. The highest BCUT2D eigenvalue weighted by atomic mass is 32.2. The van der Waals surface area contributed by atoms with Crippen molar-refractivity contribution >= 4 is 15.7 Å². The van der Waals surface area contributed by atoms with Gasteiger partial charge in [0, 0.05) is 6.07 Å². The molecule has 0 fully saturated rings. The maximum atomic E-state index is 13.1. The zero-order valence-corrected chi connectivity index (χ0v) is 14.3. The molecule has 0 bridgehead atoms. The quantitative estimate of drug-likeness (QED) is 0.781. The Morgan fingerprint density at radius 3 is 2.54 bits per heavy atom. The number of aryl methyl sites for hydroxylation is 1. The van der Waals surface area contributed by atoms with Crippen LogP contribution in [0, 0.1) is 6.92 Å². The number of para-hydroxylation sites is 1. The molecule has 1 aliphatic rings. The summed E-state index contributed by atoms with van der Waals surface area (Å²) in [5.41, 5.74) is 1.51. The van der Waals surface area contributed by atoms with E-state index in [0.29, 0.717) is 30.4 Å². The first-order valence-corrected chi connectivity index (χ1v) is 9.07. The lowest BCUT2D eigenvalue weighted by atomic mass is 10.2. The number of hydrogen-bond acceptors (Lipinski definition) is 4. The van der Waals surface area contributed by atoms with E-state index in [4.69, 9.17) is 9.47 Å². The zero-order valence-electron chi connectivity index (χ0n) is 13.4. The molecule has 0 aromatic heterocycles. The summed E-state index contributed by atoms with van der Waals surface area (Å²) in [7, 11) is -3.75. The maximum absolute atomic E-state index is 13.1. The van der Waals surface area contributed by atoms with E-state index in [1.807, 2.05) is 25.1 Å². The highest BCUT2D eigenvalue weighted by Gasteiger charge is 2.27. The Labute approximate surface area is 142 Å². The lowest BCUT2D eigenvalue weighted by Crippen LogP contribution is -2.32. The molecule has 1 aliphatic heterocycles. The number of fused-ring (bicyclic) bond motifs is 1. The molecule has 126 valence electrons. The molecule has 0 atom stereocenters. The lowest BCUT2D eigenvalue weighted by Gasteiger charge is -2.26. The smallest absolute Gasteiger partial charge is 0.264 e. The molecule has 24 heavy (non-hydrogen) atoms. The van der Waals surface area contributed by atoms with Gasteiger partial charge in [-0.15, -0.1) is 6.58 Å². The van der Waals surface area contributed by atoms with Crippen LogP contribution >= 0.6 is 0 Å². The summed E-state index contributed by atoms with van der Waals surface area (Å²) in [4.78, 5) is 0.164. The number of ether oxygens (including phenoxy) is 2. The van der Waals surface area contributed by atoms with Crippen molar-refractivity contribution in [2.45, 2.75) is 11.8 Å². The van der Waals surface area contributed by atoms with Crippen molar-refractivity contribution < 1.29 is 17.9 Å². The molecule has 0 saturated carbocycles. The van der Waals surface area contributed by atoms with Crippen LogP contribution in [0.2, 0.25) is 0 Å². The minimum Gasteiger partial charge on any atom is -0.486 e. The number of rotatable bonds is 5. The van der Waals surface area contributed by atoms with Gasteiger partial charge in [0.05, 0.1) is 17.1 Å². The van der Waals surface area contributed by atoms with E-state index in [1.54, 1.807) is 18.2 Å². The average Bonchev–Trinajstić information content (AvgIpc) is 2.60. The summed E-state index contributed by atoms with van der Waals surface area (Å²) >= 11 is 0. The van der Waals surface area contributed by atoms with Gasteiger partial charge in [0.1, 0.15) is 13.2 Å². The van der Waals surface area contributed by atoms with Gasteiger partial charge in [0.15, 0.2) is 11.5 Å². The Kier molecular flexibility index (Phi) is 4.49. The lowest BCUT2D eigenvalue weighted by molar-refractivity contribution is 0.171. The van der Waals surface area contributed by atoms with Gasteiger partial charge in [-0.2, -0.15) is 0 Å². The Balaban J connectivity index is 2.06. The number of hydrogen-bond donors (Lipinski definition) is 0. The van der Waals surface area contributed by atoms with Gasteiger partial charge in [-0.25, -0.2) is 8.42 Å². The van der Waals surface area contributed by atoms with Crippen LogP contribution in [0.15, 0.2) is 60.0 Å². The Morgan fingerprint density at radius 2 is 1.83 bits per heavy atom. The first kappa shape index (κ1) is 16.4. The van der Waals surface area contributed by atoms with E-state index in [2.05, 4.69) is 6.58 Å². The number of anilines is 1. The Bertz CT molecular complexity index is 861. The molecular formula is C18H19NO4S. The fourth-order valence-corrected chi connectivity index (χ4v) is 4.11. The predicted octanol–water partition coefficient (Wildman–Crippen LogP) is 3.15. The summed E-state index contributed by atoms with van der Waals surface area (Å²) in [6, 6.07) is 12.0. The van der Waals surface area contributed by atoms with Crippen LogP contribution in [-0.2, 0) is 10.0 Å². The molecule has 0 N–H and O–H groups in total. The first-order valence-electron chi connectivity index (χ1n) is 7.63. The van der Waals surface area contributed by atoms with Crippen LogP contribution in [0.1, 0.15) is 5.56 Å². The molecule has 1 heterocycles.